The molecule has 126 valence electrons. The van der Waals surface area contributed by atoms with E-state index in [0.717, 1.165) is 37.3 Å². The molecule has 1 aliphatic heterocycles. The van der Waals surface area contributed by atoms with Crippen LogP contribution in [0.5, 0.6) is 0 Å². The lowest BCUT2D eigenvalue weighted by Crippen LogP contribution is -2.46. The highest BCUT2D eigenvalue weighted by Crippen LogP contribution is 2.26. The lowest BCUT2D eigenvalue weighted by atomic mass is 10.2. The van der Waals surface area contributed by atoms with Gasteiger partial charge in [0.15, 0.2) is 0 Å². The van der Waals surface area contributed by atoms with Gasteiger partial charge < -0.3 is 14.4 Å². The van der Waals surface area contributed by atoms with E-state index in [1.165, 1.54) is 19.4 Å². The lowest BCUT2D eigenvalue weighted by molar-refractivity contribution is 0.0665. The average molecular weight is 339 g/mol. The van der Waals surface area contributed by atoms with Gasteiger partial charge in [-0.2, -0.15) is 0 Å². The predicted octanol–water partition coefficient (Wildman–Crippen LogP) is 3.47. The molecular formula is C17H23ClN2O3. The highest BCUT2D eigenvalue weighted by atomic mass is 35.5. The molecule has 0 spiro atoms. The number of unbranched alkanes of at least 4 members (excludes halogenated alkanes) is 1. The van der Waals surface area contributed by atoms with Gasteiger partial charge in [0.2, 0.25) is 5.76 Å². The van der Waals surface area contributed by atoms with Gasteiger partial charge in [-0.25, -0.2) is 4.79 Å². The van der Waals surface area contributed by atoms with E-state index in [9.17, 15) is 4.79 Å². The fraction of sp³-hybridized carbons (Fsp3) is 0.471. The van der Waals surface area contributed by atoms with Gasteiger partial charge in [0.25, 0.3) is 0 Å². The molecule has 1 fully saturated rings. The molecule has 0 aliphatic carbocycles. The van der Waals surface area contributed by atoms with Gasteiger partial charge in [-0.05, 0) is 37.2 Å². The minimum absolute atomic E-state index is 0. The number of carboxylic acid groups (broad SMARTS) is 1. The molecule has 0 atom stereocenters. The summed E-state index contributed by atoms with van der Waals surface area (Å²) >= 11 is 0. The Morgan fingerprint density at radius 2 is 1.96 bits per heavy atom. The van der Waals surface area contributed by atoms with Crippen LogP contribution in [-0.2, 0) is 0 Å². The van der Waals surface area contributed by atoms with Crippen molar-refractivity contribution in [1.29, 1.82) is 0 Å². The topological polar surface area (TPSA) is 56.9 Å². The molecule has 3 rings (SSSR count). The molecule has 6 heteroatoms. The highest BCUT2D eigenvalue weighted by Gasteiger charge is 2.18. The number of carbonyl (C=O) groups is 1. The van der Waals surface area contributed by atoms with Crippen LogP contribution in [0, 0.1) is 0 Å². The summed E-state index contributed by atoms with van der Waals surface area (Å²) < 4.78 is 5.31. The number of nitrogens with zero attached hydrogens (tertiary/aromatic N) is 2. The number of fused-ring (bicyclic) bond motifs is 1. The quantitative estimate of drug-likeness (QED) is 0.904. The van der Waals surface area contributed by atoms with Crippen LogP contribution in [0.25, 0.3) is 11.0 Å². The Kier molecular flexibility index (Phi) is 5.91. The summed E-state index contributed by atoms with van der Waals surface area (Å²) in [5, 5.41) is 9.84. The first-order valence-electron chi connectivity index (χ1n) is 7.91. The van der Waals surface area contributed by atoms with Crippen LogP contribution < -0.4 is 4.90 Å². The fourth-order valence-corrected chi connectivity index (χ4v) is 2.94. The number of carboxylic acids is 1. The van der Waals surface area contributed by atoms with Crippen LogP contribution in [0.15, 0.2) is 28.7 Å². The number of piperazine rings is 1. The molecule has 1 N–H and O–H groups in total. The van der Waals surface area contributed by atoms with Crippen molar-refractivity contribution in [3.63, 3.8) is 0 Å². The fourth-order valence-electron chi connectivity index (χ4n) is 2.94. The van der Waals surface area contributed by atoms with Crippen LogP contribution in [0.1, 0.15) is 30.3 Å². The Bertz CT molecular complexity index is 663. The van der Waals surface area contributed by atoms with E-state index < -0.39 is 5.97 Å². The number of aromatic carboxylic acids is 1. The molecule has 1 saturated heterocycles. The van der Waals surface area contributed by atoms with Gasteiger partial charge in [-0.15, -0.1) is 12.4 Å². The zero-order chi connectivity index (χ0) is 15.5. The monoisotopic (exact) mass is 338 g/mol. The summed E-state index contributed by atoms with van der Waals surface area (Å²) in [5.41, 5.74) is 1.77. The first kappa shape index (κ1) is 17.6. The van der Waals surface area contributed by atoms with Gasteiger partial charge in [-0.3, -0.25) is 4.90 Å². The average Bonchev–Trinajstić information content (AvgIpc) is 2.97. The van der Waals surface area contributed by atoms with Crippen LogP contribution >= 0.6 is 12.4 Å². The van der Waals surface area contributed by atoms with E-state index in [4.69, 9.17) is 9.52 Å². The summed E-state index contributed by atoms with van der Waals surface area (Å²) in [4.78, 5) is 15.8. The molecule has 1 aliphatic rings. The van der Waals surface area contributed by atoms with Gasteiger partial charge >= 0.3 is 5.97 Å². The summed E-state index contributed by atoms with van der Waals surface area (Å²) in [6.45, 7) is 7.61. The summed E-state index contributed by atoms with van der Waals surface area (Å²) in [7, 11) is 0. The maximum absolute atomic E-state index is 11.0. The molecule has 23 heavy (non-hydrogen) atoms. The molecule has 0 bridgehead atoms. The third-order valence-electron chi connectivity index (χ3n) is 4.28. The summed E-state index contributed by atoms with van der Waals surface area (Å²) in [5.74, 6) is -1.03. The second kappa shape index (κ2) is 7.70. The van der Waals surface area contributed by atoms with Crippen molar-refractivity contribution in [2.24, 2.45) is 0 Å². The second-order valence-electron chi connectivity index (χ2n) is 5.82. The molecule has 2 heterocycles. The zero-order valence-electron chi connectivity index (χ0n) is 13.3. The first-order valence-corrected chi connectivity index (χ1v) is 7.91. The van der Waals surface area contributed by atoms with Crippen molar-refractivity contribution >= 4 is 35.0 Å². The lowest BCUT2D eigenvalue weighted by Gasteiger charge is -2.36. The number of anilines is 1. The molecule has 1 aromatic carbocycles. The van der Waals surface area contributed by atoms with E-state index in [1.807, 2.05) is 18.2 Å². The number of furan rings is 1. The Hall–Kier alpha value is -1.72. The maximum Gasteiger partial charge on any atom is 0.371 e. The van der Waals surface area contributed by atoms with Crippen LogP contribution in [0.4, 0.5) is 5.69 Å². The SMILES string of the molecule is CCCCN1CCN(c2ccc3oc(C(=O)O)cc3c2)CC1.Cl. The normalized spacial score (nSPS) is 15.6. The van der Waals surface area contributed by atoms with E-state index in [1.54, 1.807) is 6.07 Å². The molecule has 1 aromatic heterocycles. The number of benzene rings is 1. The predicted molar refractivity (Wildman–Crippen MR) is 94.0 cm³/mol. The molecule has 2 aromatic rings. The minimum atomic E-state index is -1.03. The number of halogens is 1. The molecule has 0 unspecified atom stereocenters. The molecule has 5 nitrogen and oxygen atoms in total. The number of hydrogen-bond acceptors (Lipinski definition) is 4. The largest absolute Gasteiger partial charge is 0.475 e. The summed E-state index contributed by atoms with van der Waals surface area (Å²) in [6.07, 6.45) is 2.50. The Morgan fingerprint density at radius 1 is 1.22 bits per heavy atom. The number of hydrogen-bond donors (Lipinski definition) is 1. The smallest absolute Gasteiger partial charge is 0.371 e. The van der Waals surface area contributed by atoms with Gasteiger partial charge in [0.05, 0.1) is 0 Å². The van der Waals surface area contributed by atoms with Crippen LogP contribution in [-0.4, -0.2) is 48.7 Å². The van der Waals surface area contributed by atoms with Crippen LogP contribution in [0.3, 0.4) is 0 Å². The third-order valence-corrected chi connectivity index (χ3v) is 4.28. The number of rotatable bonds is 5. The zero-order valence-corrected chi connectivity index (χ0v) is 14.1. The van der Waals surface area contributed by atoms with Gasteiger partial charge in [0.1, 0.15) is 5.58 Å². The maximum atomic E-state index is 11.0. The van der Waals surface area contributed by atoms with Crippen molar-refractivity contribution in [3.05, 3.63) is 30.0 Å². The summed E-state index contributed by atoms with van der Waals surface area (Å²) in [6, 6.07) is 7.49. The van der Waals surface area contributed by atoms with E-state index in [2.05, 4.69) is 16.7 Å². The molecule has 0 radical (unpaired) electrons. The van der Waals surface area contributed by atoms with Crippen molar-refractivity contribution in [2.45, 2.75) is 19.8 Å². The first-order chi connectivity index (χ1) is 10.7. The standard InChI is InChI=1S/C17H22N2O3.ClH/c1-2-3-6-18-7-9-19(10-8-18)14-4-5-15-13(11-14)12-16(22-15)17(20)21;/h4-5,11-12H,2-3,6-10H2,1H3,(H,20,21);1H. The van der Waals surface area contributed by atoms with E-state index in [0.29, 0.717) is 5.58 Å². The van der Waals surface area contributed by atoms with Crippen LogP contribution in [0.2, 0.25) is 0 Å². The molecule has 0 amide bonds. The van der Waals surface area contributed by atoms with Gasteiger partial charge in [0, 0.05) is 37.3 Å². The Morgan fingerprint density at radius 3 is 2.61 bits per heavy atom. The Labute approximate surface area is 142 Å². The third kappa shape index (κ3) is 3.98. The van der Waals surface area contributed by atoms with Crippen molar-refractivity contribution in [1.82, 2.24) is 4.90 Å². The van der Waals surface area contributed by atoms with Crippen molar-refractivity contribution in [2.75, 3.05) is 37.6 Å². The van der Waals surface area contributed by atoms with E-state index >= 15 is 0 Å². The Balaban J connectivity index is 0.00000192. The second-order valence-corrected chi connectivity index (χ2v) is 5.82. The van der Waals surface area contributed by atoms with Gasteiger partial charge in [-0.1, -0.05) is 13.3 Å². The minimum Gasteiger partial charge on any atom is -0.475 e. The van der Waals surface area contributed by atoms with Crippen molar-refractivity contribution in [3.8, 4) is 0 Å². The van der Waals surface area contributed by atoms with Crippen molar-refractivity contribution < 1.29 is 14.3 Å². The van der Waals surface area contributed by atoms with E-state index in [-0.39, 0.29) is 18.2 Å². The molecular weight excluding hydrogens is 316 g/mol. The molecule has 0 saturated carbocycles. The highest BCUT2D eigenvalue weighted by molar-refractivity contribution is 5.92.